The average molecular weight is 314 g/mol. The summed E-state index contributed by atoms with van der Waals surface area (Å²) < 4.78 is 0. The highest BCUT2D eigenvalue weighted by Crippen LogP contribution is 2.32. The van der Waals surface area contributed by atoms with Crippen LogP contribution in [-0.2, 0) is 11.2 Å². The van der Waals surface area contributed by atoms with Crippen molar-refractivity contribution in [2.24, 2.45) is 0 Å². The number of amides is 1. The van der Waals surface area contributed by atoms with Crippen LogP contribution in [0.4, 0.5) is 0 Å². The normalized spacial score (nSPS) is 17.7. The summed E-state index contributed by atoms with van der Waals surface area (Å²) in [5.74, 6) is 0.251. The van der Waals surface area contributed by atoms with E-state index in [2.05, 4.69) is 12.1 Å². The van der Waals surface area contributed by atoms with E-state index in [1.807, 2.05) is 47.4 Å². The van der Waals surface area contributed by atoms with Crippen LogP contribution < -0.4 is 0 Å². The molecule has 114 valence electrons. The van der Waals surface area contributed by atoms with E-state index >= 15 is 0 Å². The number of halogens is 1. The highest BCUT2D eigenvalue weighted by Gasteiger charge is 2.29. The van der Waals surface area contributed by atoms with Gasteiger partial charge in [0.05, 0.1) is 6.04 Å². The van der Waals surface area contributed by atoms with Gasteiger partial charge in [-0.3, -0.25) is 4.79 Å². The predicted octanol–water partition coefficient (Wildman–Crippen LogP) is 4.64. The second kappa shape index (κ2) is 6.97. The van der Waals surface area contributed by atoms with Gasteiger partial charge in [0.15, 0.2) is 0 Å². The van der Waals surface area contributed by atoms with E-state index in [-0.39, 0.29) is 11.9 Å². The summed E-state index contributed by atoms with van der Waals surface area (Å²) in [5, 5.41) is 0.735. The molecule has 0 aromatic heterocycles. The van der Waals surface area contributed by atoms with Gasteiger partial charge < -0.3 is 4.90 Å². The van der Waals surface area contributed by atoms with Crippen molar-refractivity contribution in [1.29, 1.82) is 0 Å². The van der Waals surface area contributed by atoms with Gasteiger partial charge >= 0.3 is 0 Å². The fourth-order valence-electron chi connectivity index (χ4n) is 3.13. The molecule has 0 aliphatic carbocycles. The van der Waals surface area contributed by atoms with Gasteiger partial charge in [-0.05, 0) is 42.5 Å². The van der Waals surface area contributed by atoms with Gasteiger partial charge in [0, 0.05) is 18.0 Å². The van der Waals surface area contributed by atoms with Gasteiger partial charge in [0.25, 0.3) is 0 Å². The Morgan fingerprint density at radius 1 is 1.09 bits per heavy atom. The fraction of sp³-hybridized carbons (Fsp3) is 0.316. The molecule has 1 unspecified atom stereocenters. The van der Waals surface area contributed by atoms with E-state index in [9.17, 15) is 4.79 Å². The quantitative estimate of drug-likeness (QED) is 0.805. The Balaban J connectivity index is 1.62. The Morgan fingerprint density at radius 2 is 1.82 bits per heavy atom. The number of likely N-dealkylation sites (tertiary alicyclic amines) is 1. The van der Waals surface area contributed by atoms with Crippen LogP contribution in [0.25, 0.3) is 0 Å². The summed E-state index contributed by atoms with van der Waals surface area (Å²) in [5.41, 5.74) is 2.41. The highest BCUT2D eigenvalue weighted by atomic mass is 35.5. The predicted molar refractivity (Wildman–Crippen MR) is 89.9 cm³/mol. The van der Waals surface area contributed by atoms with Crippen molar-refractivity contribution in [3.8, 4) is 0 Å². The van der Waals surface area contributed by atoms with Crippen LogP contribution in [0.1, 0.15) is 36.4 Å². The molecule has 1 aliphatic rings. The Bertz CT molecular complexity index is 624. The number of carbonyl (C=O) groups is 1. The first-order valence-corrected chi connectivity index (χ1v) is 8.21. The van der Waals surface area contributed by atoms with Crippen molar-refractivity contribution >= 4 is 17.5 Å². The van der Waals surface area contributed by atoms with Gasteiger partial charge in [-0.15, -0.1) is 0 Å². The first kappa shape index (κ1) is 15.1. The summed E-state index contributed by atoms with van der Waals surface area (Å²) in [4.78, 5) is 14.6. The van der Waals surface area contributed by atoms with Gasteiger partial charge in [-0.25, -0.2) is 0 Å². The number of aryl methyl sites for hydroxylation is 1. The Hall–Kier alpha value is -1.80. The van der Waals surface area contributed by atoms with E-state index in [1.54, 1.807) is 0 Å². The zero-order chi connectivity index (χ0) is 15.4. The number of benzene rings is 2. The van der Waals surface area contributed by atoms with Crippen LogP contribution in [0, 0.1) is 0 Å². The molecule has 0 bridgehead atoms. The van der Waals surface area contributed by atoms with Gasteiger partial charge in [-0.1, -0.05) is 54.1 Å². The molecule has 1 atom stereocenters. The summed E-state index contributed by atoms with van der Waals surface area (Å²) in [7, 11) is 0. The van der Waals surface area contributed by atoms with Crippen molar-refractivity contribution < 1.29 is 4.79 Å². The van der Waals surface area contributed by atoms with Crippen LogP contribution in [0.15, 0.2) is 54.6 Å². The summed E-state index contributed by atoms with van der Waals surface area (Å²) >= 11 is 5.89. The van der Waals surface area contributed by atoms with Crippen LogP contribution in [0.3, 0.4) is 0 Å². The Morgan fingerprint density at radius 3 is 2.55 bits per heavy atom. The van der Waals surface area contributed by atoms with E-state index < -0.39 is 0 Å². The van der Waals surface area contributed by atoms with E-state index in [1.165, 1.54) is 5.56 Å². The largest absolute Gasteiger partial charge is 0.336 e. The first-order valence-electron chi connectivity index (χ1n) is 7.83. The number of hydrogen-bond donors (Lipinski definition) is 0. The first-order chi connectivity index (χ1) is 10.7. The Kier molecular flexibility index (Phi) is 4.79. The lowest BCUT2D eigenvalue weighted by atomic mass is 10.0. The molecular weight excluding hydrogens is 294 g/mol. The highest BCUT2D eigenvalue weighted by molar-refractivity contribution is 6.30. The molecule has 3 rings (SSSR count). The van der Waals surface area contributed by atoms with Crippen molar-refractivity contribution in [2.75, 3.05) is 6.54 Å². The second-order valence-electron chi connectivity index (χ2n) is 5.78. The summed E-state index contributed by atoms with van der Waals surface area (Å²) in [6.45, 7) is 0.874. The molecular formula is C19H20ClNO. The maximum absolute atomic E-state index is 12.6. The summed E-state index contributed by atoms with van der Waals surface area (Å²) in [6, 6.07) is 18.3. The van der Waals surface area contributed by atoms with E-state index in [0.717, 1.165) is 36.4 Å². The second-order valence-corrected chi connectivity index (χ2v) is 6.22. The molecule has 1 saturated heterocycles. The van der Waals surface area contributed by atoms with Crippen LogP contribution >= 0.6 is 11.6 Å². The van der Waals surface area contributed by atoms with Gasteiger partial charge in [0.1, 0.15) is 0 Å². The molecule has 3 heteroatoms. The third-order valence-corrected chi connectivity index (χ3v) is 4.55. The zero-order valence-corrected chi connectivity index (χ0v) is 13.3. The van der Waals surface area contributed by atoms with Crippen molar-refractivity contribution in [3.63, 3.8) is 0 Å². The number of rotatable bonds is 4. The van der Waals surface area contributed by atoms with E-state index in [4.69, 9.17) is 11.6 Å². The molecule has 22 heavy (non-hydrogen) atoms. The fourth-order valence-corrected chi connectivity index (χ4v) is 3.26. The molecule has 0 spiro atoms. The third-order valence-electron chi connectivity index (χ3n) is 4.30. The van der Waals surface area contributed by atoms with Gasteiger partial charge in [0.2, 0.25) is 5.91 Å². The topological polar surface area (TPSA) is 20.3 Å². The van der Waals surface area contributed by atoms with E-state index in [0.29, 0.717) is 6.42 Å². The molecule has 1 heterocycles. The lowest BCUT2D eigenvalue weighted by Crippen LogP contribution is -2.30. The standard InChI is InChI=1S/C19H20ClNO/c20-17-11-8-15(9-12-17)10-13-19(22)21-14-4-7-18(21)16-5-2-1-3-6-16/h1-3,5-6,8-9,11-12,18H,4,7,10,13-14H2. The monoisotopic (exact) mass is 313 g/mol. The molecule has 0 radical (unpaired) electrons. The lowest BCUT2D eigenvalue weighted by molar-refractivity contribution is -0.132. The number of nitrogens with zero attached hydrogens (tertiary/aromatic N) is 1. The molecule has 2 aromatic carbocycles. The minimum absolute atomic E-state index is 0.249. The minimum Gasteiger partial charge on any atom is -0.336 e. The summed E-state index contributed by atoms with van der Waals surface area (Å²) in [6.07, 6.45) is 3.49. The van der Waals surface area contributed by atoms with Crippen LogP contribution in [0.5, 0.6) is 0 Å². The molecule has 1 fully saturated rings. The minimum atomic E-state index is 0.249. The molecule has 1 aliphatic heterocycles. The lowest BCUT2D eigenvalue weighted by Gasteiger charge is -2.25. The maximum atomic E-state index is 12.6. The van der Waals surface area contributed by atoms with Crippen LogP contribution in [0.2, 0.25) is 5.02 Å². The molecule has 0 saturated carbocycles. The van der Waals surface area contributed by atoms with Crippen molar-refractivity contribution in [1.82, 2.24) is 4.90 Å². The van der Waals surface area contributed by atoms with Gasteiger partial charge in [-0.2, -0.15) is 0 Å². The number of hydrogen-bond acceptors (Lipinski definition) is 1. The zero-order valence-electron chi connectivity index (χ0n) is 12.5. The third kappa shape index (κ3) is 3.50. The molecule has 0 N–H and O–H groups in total. The van der Waals surface area contributed by atoms with Crippen molar-refractivity contribution in [2.45, 2.75) is 31.7 Å². The molecule has 2 aromatic rings. The Labute approximate surface area is 136 Å². The van der Waals surface area contributed by atoms with Crippen LogP contribution in [-0.4, -0.2) is 17.4 Å². The SMILES string of the molecule is O=C(CCc1ccc(Cl)cc1)N1CCCC1c1ccccc1. The molecule has 1 amide bonds. The molecule has 2 nitrogen and oxygen atoms in total. The maximum Gasteiger partial charge on any atom is 0.223 e. The average Bonchev–Trinajstić information content (AvgIpc) is 3.04. The smallest absolute Gasteiger partial charge is 0.223 e. The number of carbonyl (C=O) groups excluding carboxylic acids is 1. The van der Waals surface area contributed by atoms with Crippen molar-refractivity contribution in [3.05, 3.63) is 70.7 Å².